The Balaban J connectivity index is 0.00000150. The van der Waals surface area contributed by atoms with E-state index in [0.29, 0.717) is 13.1 Å². The van der Waals surface area contributed by atoms with E-state index in [9.17, 15) is 9.18 Å². The standard InChI is InChI=1S/C20H25FN4O2.2ClH/c1-24(14-18-10-20(19(26)27-18)6-8-22-9-7-20)12-15-11-23-25(13-15)17-4-2-16(21)3-5-17;;/h2-5,11,13,18,22H,6-10,12,14H2,1H3;2*1H. The lowest BCUT2D eigenvalue weighted by Crippen LogP contribution is -2.39. The Hall–Kier alpha value is -1.67. The largest absolute Gasteiger partial charge is 0.461 e. The summed E-state index contributed by atoms with van der Waals surface area (Å²) in [5, 5.41) is 7.67. The fourth-order valence-electron chi connectivity index (χ4n) is 4.15. The van der Waals surface area contributed by atoms with Crippen LogP contribution in [-0.2, 0) is 16.1 Å². The van der Waals surface area contributed by atoms with Gasteiger partial charge in [0.1, 0.15) is 11.9 Å². The number of cyclic esters (lactones) is 1. The molecule has 2 saturated heterocycles. The predicted molar refractivity (Wildman–Crippen MR) is 113 cm³/mol. The number of esters is 1. The van der Waals surface area contributed by atoms with Gasteiger partial charge in [0.25, 0.3) is 0 Å². The van der Waals surface area contributed by atoms with E-state index >= 15 is 0 Å². The van der Waals surface area contributed by atoms with Crippen LogP contribution >= 0.6 is 24.8 Å². The fraction of sp³-hybridized carbons (Fsp3) is 0.500. The molecule has 6 nitrogen and oxygen atoms in total. The Morgan fingerprint density at radius 2 is 1.97 bits per heavy atom. The maximum Gasteiger partial charge on any atom is 0.312 e. The van der Waals surface area contributed by atoms with E-state index in [1.165, 1.54) is 12.1 Å². The number of rotatable bonds is 5. The van der Waals surface area contributed by atoms with Gasteiger partial charge in [0.2, 0.25) is 0 Å². The van der Waals surface area contributed by atoms with Crippen molar-refractivity contribution in [2.24, 2.45) is 5.41 Å². The van der Waals surface area contributed by atoms with E-state index in [0.717, 1.165) is 43.6 Å². The van der Waals surface area contributed by atoms with Gasteiger partial charge in [-0.1, -0.05) is 0 Å². The van der Waals surface area contributed by atoms with Crippen molar-refractivity contribution in [3.05, 3.63) is 48.0 Å². The minimum atomic E-state index is -0.274. The molecule has 1 N–H and O–H groups in total. The van der Waals surface area contributed by atoms with Gasteiger partial charge in [-0.2, -0.15) is 5.10 Å². The Morgan fingerprint density at radius 3 is 2.66 bits per heavy atom. The molecule has 2 fully saturated rings. The number of hydrogen-bond donors (Lipinski definition) is 1. The molecule has 0 amide bonds. The second-order valence-electron chi connectivity index (χ2n) is 7.73. The molecule has 1 unspecified atom stereocenters. The maximum atomic E-state index is 13.1. The lowest BCUT2D eigenvalue weighted by Gasteiger charge is -2.29. The summed E-state index contributed by atoms with van der Waals surface area (Å²) in [5.41, 5.74) is 1.61. The van der Waals surface area contributed by atoms with Crippen molar-refractivity contribution in [3.63, 3.8) is 0 Å². The minimum Gasteiger partial charge on any atom is -0.461 e. The number of halogens is 3. The lowest BCUT2D eigenvalue weighted by molar-refractivity contribution is -0.150. The third-order valence-corrected chi connectivity index (χ3v) is 5.58. The molecule has 9 heteroatoms. The highest BCUT2D eigenvalue weighted by Gasteiger charge is 2.49. The quantitative estimate of drug-likeness (QED) is 0.718. The number of carbonyl (C=O) groups is 1. The van der Waals surface area contributed by atoms with Crippen LogP contribution in [-0.4, -0.2) is 53.4 Å². The Morgan fingerprint density at radius 1 is 1.28 bits per heavy atom. The smallest absolute Gasteiger partial charge is 0.312 e. The van der Waals surface area contributed by atoms with Gasteiger partial charge in [0, 0.05) is 31.3 Å². The van der Waals surface area contributed by atoms with Gasteiger partial charge >= 0.3 is 5.97 Å². The van der Waals surface area contributed by atoms with Crippen LogP contribution in [0.25, 0.3) is 5.69 Å². The van der Waals surface area contributed by atoms with Crippen molar-refractivity contribution in [1.29, 1.82) is 0 Å². The third kappa shape index (κ3) is 5.28. The highest BCUT2D eigenvalue weighted by molar-refractivity contribution is 5.85. The Bertz CT molecular complexity index is 809. The molecule has 0 bridgehead atoms. The molecule has 2 aliphatic heterocycles. The van der Waals surface area contributed by atoms with E-state index in [4.69, 9.17) is 4.74 Å². The summed E-state index contributed by atoms with van der Waals surface area (Å²) >= 11 is 0. The Labute approximate surface area is 182 Å². The molecule has 0 radical (unpaired) electrons. The molecule has 1 atom stereocenters. The molecule has 2 aliphatic rings. The first-order valence-electron chi connectivity index (χ1n) is 9.44. The lowest BCUT2D eigenvalue weighted by atomic mass is 9.76. The third-order valence-electron chi connectivity index (χ3n) is 5.58. The molecule has 4 rings (SSSR count). The van der Waals surface area contributed by atoms with Crippen LogP contribution in [0.1, 0.15) is 24.8 Å². The number of nitrogens with one attached hydrogen (secondary N) is 1. The topological polar surface area (TPSA) is 59.4 Å². The molecule has 3 heterocycles. The number of ether oxygens (including phenoxy) is 1. The van der Waals surface area contributed by atoms with E-state index in [2.05, 4.69) is 15.3 Å². The van der Waals surface area contributed by atoms with Crippen molar-refractivity contribution < 1.29 is 13.9 Å². The molecule has 2 aromatic rings. The predicted octanol–water partition coefficient (Wildman–Crippen LogP) is 2.97. The maximum absolute atomic E-state index is 13.1. The van der Waals surface area contributed by atoms with Crippen LogP contribution in [0.3, 0.4) is 0 Å². The van der Waals surface area contributed by atoms with Crippen LogP contribution in [0.5, 0.6) is 0 Å². The minimum absolute atomic E-state index is 0. The first-order valence-corrected chi connectivity index (χ1v) is 9.44. The fourth-order valence-corrected chi connectivity index (χ4v) is 4.15. The van der Waals surface area contributed by atoms with Crippen molar-refractivity contribution in [2.75, 3.05) is 26.7 Å². The first kappa shape index (κ1) is 23.6. The summed E-state index contributed by atoms with van der Waals surface area (Å²) < 4.78 is 20.5. The van der Waals surface area contributed by atoms with Gasteiger partial charge in [-0.15, -0.1) is 24.8 Å². The van der Waals surface area contributed by atoms with Crippen LogP contribution in [0.15, 0.2) is 36.7 Å². The molecule has 0 aliphatic carbocycles. The van der Waals surface area contributed by atoms with Crippen LogP contribution in [0, 0.1) is 11.2 Å². The molecular weight excluding hydrogens is 418 g/mol. The van der Waals surface area contributed by atoms with Crippen molar-refractivity contribution in [2.45, 2.75) is 31.9 Å². The number of piperidine rings is 1. The van der Waals surface area contributed by atoms with Gasteiger partial charge in [0.15, 0.2) is 0 Å². The van der Waals surface area contributed by atoms with Gasteiger partial charge in [0.05, 0.1) is 17.3 Å². The average molecular weight is 445 g/mol. The van der Waals surface area contributed by atoms with Gasteiger partial charge in [-0.05, 0) is 57.2 Å². The summed E-state index contributed by atoms with van der Waals surface area (Å²) in [5.74, 6) is -0.282. The van der Waals surface area contributed by atoms with Crippen molar-refractivity contribution >= 4 is 30.8 Å². The highest BCUT2D eigenvalue weighted by Crippen LogP contribution is 2.41. The Kier molecular flexibility index (Phi) is 8.05. The van der Waals surface area contributed by atoms with Crippen LogP contribution < -0.4 is 5.32 Å². The normalized spacial score (nSPS) is 20.2. The summed E-state index contributed by atoms with van der Waals surface area (Å²) in [6, 6.07) is 6.25. The number of benzene rings is 1. The molecular formula is C20H27Cl2FN4O2. The number of likely N-dealkylation sites (N-methyl/N-ethyl adjacent to an activating group) is 1. The zero-order chi connectivity index (χ0) is 18.9. The van der Waals surface area contributed by atoms with Crippen LogP contribution in [0.4, 0.5) is 4.39 Å². The molecule has 160 valence electrons. The zero-order valence-electron chi connectivity index (χ0n) is 16.3. The molecule has 0 saturated carbocycles. The molecule has 1 aromatic carbocycles. The van der Waals surface area contributed by atoms with Crippen molar-refractivity contribution in [1.82, 2.24) is 20.0 Å². The van der Waals surface area contributed by atoms with E-state index in [1.807, 2.05) is 19.4 Å². The second-order valence-corrected chi connectivity index (χ2v) is 7.73. The van der Waals surface area contributed by atoms with Crippen molar-refractivity contribution in [3.8, 4) is 5.69 Å². The SMILES string of the molecule is CN(Cc1cnn(-c2ccc(F)cc2)c1)CC1CC2(CCNCC2)C(=O)O1.Cl.Cl. The molecule has 29 heavy (non-hydrogen) atoms. The van der Waals surface area contributed by atoms with Gasteiger partial charge in [-0.25, -0.2) is 9.07 Å². The first-order chi connectivity index (χ1) is 13.0. The number of nitrogens with zero attached hydrogens (tertiary/aromatic N) is 3. The van der Waals surface area contributed by atoms with E-state index in [1.54, 1.807) is 16.8 Å². The van der Waals surface area contributed by atoms with Gasteiger partial charge in [-0.3, -0.25) is 9.69 Å². The number of hydrogen-bond acceptors (Lipinski definition) is 5. The average Bonchev–Trinajstić information content (AvgIpc) is 3.21. The summed E-state index contributed by atoms with van der Waals surface area (Å²) in [4.78, 5) is 14.5. The van der Waals surface area contributed by atoms with E-state index < -0.39 is 0 Å². The van der Waals surface area contributed by atoms with E-state index in [-0.39, 0.29) is 48.1 Å². The zero-order valence-corrected chi connectivity index (χ0v) is 18.0. The number of aromatic nitrogens is 2. The second kappa shape index (κ2) is 9.89. The molecule has 1 spiro atoms. The summed E-state index contributed by atoms with van der Waals surface area (Å²) in [6.45, 7) is 3.20. The molecule has 1 aromatic heterocycles. The highest BCUT2D eigenvalue weighted by atomic mass is 35.5. The van der Waals surface area contributed by atoms with Gasteiger partial charge < -0.3 is 10.1 Å². The number of carbonyl (C=O) groups excluding carboxylic acids is 1. The monoisotopic (exact) mass is 444 g/mol. The summed E-state index contributed by atoms with van der Waals surface area (Å²) in [7, 11) is 2.02. The van der Waals surface area contributed by atoms with Crippen LogP contribution in [0.2, 0.25) is 0 Å². The summed E-state index contributed by atoms with van der Waals surface area (Å²) in [6.07, 6.45) is 6.26.